The van der Waals surface area contributed by atoms with E-state index in [1.807, 2.05) is 24.0 Å². The SMILES string of the molecule is CCC(NC(C)=O)C(=O)N1CCC2(CC1)OCCc1sc(-c3cccc(N)n3)cc12. The van der Waals surface area contributed by atoms with Crippen LogP contribution in [0.5, 0.6) is 0 Å². The lowest BCUT2D eigenvalue weighted by Gasteiger charge is -2.44. The third-order valence-corrected chi connectivity index (χ3v) is 7.21. The number of likely N-dealkylation sites (tertiary alicyclic amines) is 1. The van der Waals surface area contributed by atoms with Crippen molar-refractivity contribution in [3.63, 3.8) is 0 Å². The van der Waals surface area contributed by atoms with Gasteiger partial charge in [-0.3, -0.25) is 9.59 Å². The minimum atomic E-state index is -0.457. The largest absolute Gasteiger partial charge is 0.384 e. The third kappa shape index (κ3) is 3.94. The first kappa shape index (κ1) is 20.8. The number of piperidine rings is 1. The van der Waals surface area contributed by atoms with E-state index in [0.29, 0.717) is 31.9 Å². The molecule has 0 radical (unpaired) electrons. The smallest absolute Gasteiger partial charge is 0.245 e. The van der Waals surface area contributed by atoms with Crippen molar-refractivity contribution in [3.8, 4) is 10.6 Å². The number of aromatic nitrogens is 1. The molecule has 1 saturated heterocycles. The lowest BCUT2D eigenvalue weighted by Crippen LogP contribution is -2.53. The Hall–Kier alpha value is -2.45. The van der Waals surface area contributed by atoms with Crippen LogP contribution < -0.4 is 11.1 Å². The van der Waals surface area contributed by atoms with Crippen LogP contribution >= 0.6 is 11.3 Å². The number of carbonyl (C=O) groups excluding carboxylic acids is 2. The number of amides is 2. The van der Waals surface area contributed by atoms with E-state index in [2.05, 4.69) is 16.4 Å². The highest BCUT2D eigenvalue weighted by molar-refractivity contribution is 7.15. The number of nitrogens with two attached hydrogens (primary N) is 1. The Kier molecular flexibility index (Phi) is 5.79. The summed E-state index contributed by atoms with van der Waals surface area (Å²) >= 11 is 1.76. The quantitative estimate of drug-likeness (QED) is 0.780. The molecule has 0 aliphatic carbocycles. The van der Waals surface area contributed by atoms with Crippen LogP contribution in [0.25, 0.3) is 10.6 Å². The molecule has 7 nitrogen and oxygen atoms in total. The van der Waals surface area contributed by atoms with Gasteiger partial charge in [0.15, 0.2) is 0 Å². The maximum Gasteiger partial charge on any atom is 0.245 e. The van der Waals surface area contributed by atoms with Gasteiger partial charge in [0, 0.05) is 31.3 Å². The van der Waals surface area contributed by atoms with E-state index in [0.717, 1.165) is 29.8 Å². The molecule has 2 aromatic heterocycles. The fourth-order valence-electron chi connectivity index (χ4n) is 4.44. The van der Waals surface area contributed by atoms with Crippen molar-refractivity contribution >= 4 is 29.0 Å². The van der Waals surface area contributed by atoms with Crippen molar-refractivity contribution in [1.29, 1.82) is 0 Å². The molecule has 0 aromatic carbocycles. The Morgan fingerprint density at radius 2 is 2.13 bits per heavy atom. The van der Waals surface area contributed by atoms with Gasteiger partial charge in [-0.1, -0.05) is 13.0 Å². The van der Waals surface area contributed by atoms with Gasteiger partial charge in [-0.2, -0.15) is 0 Å². The Labute approximate surface area is 180 Å². The van der Waals surface area contributed by atoms with E-state index in [4.69, 9.17) is 10.5 Å². The van der Waals surface area contributed by atoms with Gasteiger partial charge >= 0.3 is 0 Å². The van der Waals surface area contributed by atoms with Gasteiger partial charge in [0.2, 0.25) is 11.8 Å². The van der Waals surface area contributed by atoms with Crippen LogP contribution in [0.2, 0.25) is 0 Å². The first-order chi connectivity index (χ1) is 14.4. The lowest BCUT2D eigenvalue weighted by molar-refractivity contribution is -0.144. The number of nitrogens with zero attached hydrogens (tertiary/aromatic N) is 2. The molecule has 2 aliphatic rings. The Balaban J connectivity index is 1.53. The van der Waals surface area contributed by atoms with Crippen molar-refractivity contribution in [2.45, 2.75) is 51.2 Å². The summed E-state index contributed by atoms with van der Waals surface area (Å²) in [5.41, 5.74) is 7.64. The highest BCUT2D eigenvalue weighted by atomic mass is 32.1. The molecular formula is C22H28N4O3S. The zero-order valence-electron chi connectivity index (χ0n) is 17.4. The van der Waals surface area contributed by atoms with E-state index >= 15 is 0 Å². The zero-order chi connectivity index (χ0) is 21.3. The molecule has 1 unspecified atom stereocenters. The molecule has 1 spiro atoms. The van der Waals surface area contributed by atoms with Gasteiger partial charge < -0.3 is 20.7 Å². The number of ether oxygens (including phenoxy) is 1. The first-order valence-electron chi connectivity index (χ1n) is 10.5. The summed E-state index contributed by atoms with van der Waals surface area (Å²) in [4.78, 5) is 33.0. The number of rotatable bonds is 4. The number of thiophene rings is 1. The predicted octanol–water partition coefficient (Wildman–Crippen LogP) is 2.70. The van der Waals surface area contributed by atoms with Gasteiger partial charge in [0.05, 0.1) is 22.8 Å². The average molecular weight is 429 g/mol. The number of hydrogen-bond acceptors (Lipinski definition) is 6. The van der Waals surface area contributed by atoms with Crippen LogP contribution in [-0.2, 0) is 26.3 Å². The summed E-state index contributed by atoms with van der Waals surface area (Å²) in [5.74, 6) is 0.333. The fourth-order valence-corrected chi connectivity index (χ4v) is 5.64. The summed E-state index contributed by atoms with van der Waals surface area (Å²) < 4.78 is 6.34. The molecule has 2 aliphatic heterocycles. The molecule has 160 valence electrons. The van der Waals surface area contributed by atoms with Gasteiger partial charge in [-0.25, -0.2) is 4.98 Å². The molecule has 3 N–H and O–H groups in total. The van der Waals surface area contributed by atoms with Crippen LogP contribution in [0.4, 0.5) is 5.82 Å². The second-order valence-corrected chi connectivity index (χ2v) is 9.11. The Bertz CT molecular complexity index is 950. The summed E-state index contributed by atoms with van der Waals surface area (Å²) in [6, 6.07) is 7.44. The van der Waals surface area contributed by atoms with Gasteiger partial charge in [0.1, 0.15) is 11.9 Å². The van der Waals surface area contributed by atoms with Gasteiger partial charge in [-0.15, -0.1) is 11.3 Å². The maximum atomic E-state index is 12.9. The van der Waals surface area contributed by atoms with Crippen molar-refractivity contribution in [3.05, 3.63) is 34.7 Å². The van der Waals surface area contributed by atoms with Crippen molar-refractivity contribution in [2.75, 3.05) is 25.4 Å². The molecule has 1 fully saturated rings. The van der Waals surface area contributed by atoms with E-state index in [1.165, 1.54) is 17.4 Å². The molecule has 8 heteroatoms. The van der Waals surface area contributed by atoms with E-state index in [1.54, 1.807) is 17.4 Å². The molecule has 4 heterocycles. The zero-order valence-corrected chi connectivity index (χ0v) is 18.3. The fraction of sp³-hybridized carbons (Fsp3) is 0.500. The average Bonchev–Trinajstić information content (AvgIpc) is 3.18. The second kappa shape index (κ2) is 8.35. The van der Waals surface area contributed by atoms with Crippen molar-refractivity contribution < 1.29 is 14.3 Å². The minimum Gasteiger partial charge on any atom is -0.384 e. The van der Waals surface area contributed by atoms with Crippen molar-refractivity contribution in [1.82, 2.24) is 15.2 Å². The molecule has 4 rings (SSSR count). The first-order valence-corrected chi connectivity index (χ1v) is 11.3. The topological polar surface area (TPSA) is 97.5 Å². The normalized spacial score (nSPS) is 18.7. The van der Waals surface area contributed by atoms with Gasteiger partial charge in [0.25, 0.3) is 0 Å². The highest BCUT2D eigenvalue weighted by Gasteiger charge is 2.43. The maximum absolute atomic E-state index is 12.9. The number of nitrogen functional groups attached to an aromatic ring is 1. The molecule has 30 heavy (non-hydrogen) atoms. The van der Waals surface area contributed by atoms with Crippen molar-refractivity contribution in [2.24, 2.45) is 0 Å². The summed E-state index contributed by atoms with van der Waals surface area (Å²) in [5, 5.41) is 2.76. The summed E-state index contributed by atoms with van der Waals surface area (Å²) in [6.45, 7) is 5.29. The van der Waals surface area contributed by atoms with Crippen LogP contribution in [0.3, 0.4) is 0 Å². The third-order valence-electron chi connectivity index (χ3n) is 6.00. The molecule has 1 atom stereocenters. The number of nitrogens with one attached hydrogen (secondary N) is 1. The molecule has 2 aromatic rings. The van der Waals surface area contributed by atoms with Gasteiger partial charge in [-0.05, 0) is 43.0 Å². The van der Waals surface area contributed by atoms with Crippen LogP contribution in [0.15, 0.2) is 24.3 Å². The van der Waals surface area contributed by atoms with E-state index in [-0.39, 0.29) is 17.4 Å². The van der Waals surface area contributed by atoms with Crippen LogP contribution in [-0.4, -0.2) is 47.4 Å². The van der Waals surface area contributed by atoms with Crippen LogP contribution in [0, 0.1) is 0 Å². The highest BCUT2D eigenvalue weighted by Crippen LogP contribution is 2.46. The standard InChI is InChI=1S/C22H28N4O3S/c1-3-16(24-14(2)27)21(28)26-10-8-22(9-11-26)15-13-19(30-18(15)7-12-29-22)17-5-4-6-20(23)25-17/h4-6,13,16H,3,7-12H2,1-2H3,(H2,23,25)(H,24,27). The number of fused-ring (bicyclic) bond motifs is 2. The molecule has 2 amide bonds. The van der Waals surface area contributed by atoms with E-state index < -0.39 is 6.04 Å². The summed E-state index contributed by atoms with van der Waals surface area (Å²) in [6.07, 6.45) is 2.99. The molecule has 0 saturated carbocycles. The Morgan fingerprint density at radius 3 is 2.80 bits per heavy atom. The predicted molar refractivity (Wildman–Crippen MR) is 117 cm³/mol. The van der Waals surface area contributed by atoms with Crippen LogP contribution in [0.1, 0.15) is 43.6 Å². The number of anilines is 1. The summed E-state index contributed by atoms with van der Waals surface area (Å²) in [7, 11) is 0. The second-order valence-electron chi connectivity index (χ2n) is 7.97. The number of carbonyl (C=O) groups is 2. The minimum absolute atomic E-state index is 0.00597. The van der Waals surface area contributed by atoms with E-state index in [9.17, 15) is 9.59 Å². The molecular weight excluding hydrogens is 400 g/mol. The number of pyridine rings is 1. The Morgan fingerprint density at radius 1 is 1.37 bits per heavy atom. The molecule has 0 bridgehead atoms. The monoisotopic (exact) mass is 428 g/mol. The lowest BCUT2D eigenvalue weighted by atomic mass is 9.82. The number of hydrogen-bond donors (Lipinski definition) is 2.